The number of nitrogens with zero attached hydrogens (tertiary/aromatic N) is 4. The fourth-order valence-corrected chi connectivity index (χ4v) is 3.03. The molecule has 1 aromatic heterocycles. The van der Waals surface area contributed by atoms with Gasteiger partial charge in [0.25, 0.3) is 5.91 Å². The number of hydrogen-bond acceptors (Lipinski definition) is 4. The molecule has 22 heavy (non-hydrogen) atoms. The highest BCUT2D eigenvalue weighted by Crippen LogP contribution is 2.20. The number of hydrogen-bond donors (Lipinski definition) is 1. The maximum atomic E-state index is 12.6. The van der Waals surface area contributed by atoms with Crippen molar-refractivity contribution in [2.75, 3.05) is 26.7 Å². The molecule has 0 spiro atoms. The zero-order valence-corrected chi connectivity index (χ0v) is 13.0. The van der Waals surface area contributed by atoms with E-state index < -0.39 is 0 Å². The summed E-state index contributed by atoms with van der Waals surface area (Å²) < 4.78 is 1.71. The summed E-state index contributed by atoms with van der Waals surface area (Å²) >= 11 is 0. The Morgan fingerprint density at radius 3 is 3.00 bits per heavy atom. The van der Waals surface area contributed by atoms with Gasteiger partial charge in [-0.2, -0.15) is 5.10 Å². The number of rotatable bonds is 4. The minimum Gasteiger partial charge on any atom is -0.338 e. The van der Waals surface area contributed by atoms with Crippen LogP contribution in [0.1, 0.15) is 22.3 Å². The summed E-state index contributed by atoms with van der Waals surface area (Å²) in [5.74, 6) is 0.677. The van der Waals surface area contributed by atoms with Crippen LogP contribution >= 0.6 is 0 Å². The number of aromatic nitrogens is 3. The van der Waals surface area contributed by atoms with Gasteiger partial charge in [-0.15, -0.1) is 0 Å². The van der Waals surface area contributed by atoms with Crippen molar-refractivity contribution in [2.24, 2.45) is 5.92 Å². The molecule has 0 saturated carbocycles. The monoisotopic (exact) mass is 299 g/mol. The number of benzene rings is 1. The number of carbonyl (C=O) groups is 1. The molecule has 1 aromatic carbocycles. The van der Waals surface area contributed by atoms with Crippen molar-refractivity contribution in [3.63, 3.8) is 0 Å². The van der Waals surface area contributed by atoms with Gasteiger partial charge in [-0.05, 0) is 56.6 Å². The number of amides is 1. The van der Waals surface area contributed by atoms with Gasteiger partial charge in [0.15, 0.2) is 0 Å². The maximum absolute atomic E-state index is 12.6. The standard InChI is InChI=1S/C16H21N5O/c1-12-7-14(3-4-15(12)21-11-18-10-19-21)16(22)20-6-5-13(9-20)8-17-2/h3-4,7,10-11,13,17H,5-6,8-9H2,1-2H3/t13-/m1/s1. The zero-order chi connectivity index (χ0) is 15.5. The smallest absolute Gasteiger partial charge is 0.253 e. The second-order valence-corrected chi connectivity index (χ2v) is 5.80. The second kappa shape index (κ2) is 6.27. The van der Waals surface area contributed by atoms with Gasteiger partial charge in [0.05, 0.1) is 5.69 Å². The number of carbonyl (C=O) groups excluding carboxylic acids is 1. The van der Waals surface area contributed by atoms with E-state index in [1.807, 2.05) is 37.1 Å². The molecule has 1 amide bonds. The fourth-order valence-electron chi connectivity index (χ4n) is 3.03. The largest absolute Gasteiger partial charge is 0.338 e. The lowest BCUT2D eigenvalue weighted by Gasteiger charge is -2.17. The Morgan fingerprint density at radius 1 is 1.45 bits per heavy atom. The van der Waals surface area contributed by atoms with Crippen LogP contribution in [0.5, 0.6) is 0 Å². The molecule has 1 fully saturated rings. The van der Waals surface area contributed by atoms with E-state index in [2.05, 4.69) is 15.4 Å². The topological polar surface area (TPSA) is 63.1 Å². The Hall–Kier alpha value is -2.21. The summed E-state index contributed by atoms with van der Waals surface area (Å²) in [5.41, 5.74) is 2.71. The van der Waals surface area contributed by atoms with Crippen LogP contribution in [0.25, 0.3) is 5.69 Å². The summed E-state index contributed by atoms with van der Waals surface area (Å²) in [4.78, 5) is 18.5. The molecule has 6 nitrogen and oxygen atoms in total. The Balaban J connectivity index is 1.75. The first kappa shape index (κ1) is 14.7. The lowest BCUT2D eigenvalue weighted by atomic mass is 10.1. The van der Waals surface area contributed by atoms with Crippen LogP contribution in [0.2, 0.25) is 0 Å². The van der Waals surface area contributed by atoms with Gasteiger partial charge in [-0.1, -0.05) is 0 Å². The Bertz CT molecular complexity index is 653. The van der Waals surface area contributed by atoms with Crippen molar-refractivity contribution < 1.29 is 4.79 Å². The maximum Gasteiger partial charge on any atom is 0.253 e. The average molecular weight is 299 g/mol. The highest BCUT2D eigenvalue weighted by Gasteiger charge is 2.26. The Kier molecular flexibility index (Phi) is 4.20. The SMILES string of the molecule is CNC[C@H]1CCN(C(=O)c2ccc(-n3cncn3)c(C)c2)C1. The van der Waals surface area contributed by atoms with E-state index in [9.17, 15) is 4.79 Å². The molecule has 0 aliphatic carbocycles. The van der Waals surface area contributed by atoms with Gasteiger partial charge in [-0.25, -0.2) is 9.67 Å². The molecule has 1 aliphatic heterocycles. The zero-order valence-electron chi connectivity index (χ0n) is 13.0. The van der Waals surface area contributed by atoms with Gasteiger partial charge in [0, 0.05) is 18.7 Å². The van der Waals surface area contributed by atoms with Crippen LogP contribution in [-0.4, -0.2) is 52.3 Å². The molecule has 3 rings (SSSR count). The van der Waals surface area contributed by atoms with E-state index in [-0.39, 0.29) is 5.91 Å². The van der Waals surface area contributed by atoms with Crippen molar-refractivity contribution in [1.29, 1.82) is 0 Å². The van der Waals surface area contributed by atoms with Crippen LogP contribution in [0.15, 0.2) is 30.9 Å². The van der Waals surface area contributed by atoms with E-state index >= 15 is 0 Å². The Morgan fingerprint density at radius 2 is 2.32 bits per heavy atom. The third-order valence-corrected chi connectivity index (χ3v) is 4.18. The molecule has 2 aromatic rings. The molecule has 0 bridgehead atoms. The number of nitrogens with one attached hydrogen (secondary N) is 1. The number of likely N-dealkylation sites (tertiary alicyclic amines) is 1. The fraction of sp³-hybridized carbons (Fsp3) is 0.438. The molecule has 6 heteroatoms. The van der Waals surface area contributed by atoms with Gasteiger partial charge >= 0.3 is 0 Å². The lowest BCUT2D eigenvalue weighted by molar-refractivity contribution is 0.0787. The average Bonchev–Trinajstić information content (AvgIpc) is 3.18. The van der Waals surface area contributed by atoms with Gasteiger partial charge in [0.2, 0.25) is 0 Å². The quantitative estimate of drug-likeness (QED) is 0.923. The molecule has 1 aliphatic rings. The summed E-state index contributed by atoms with van der Waals surface area (Å²) in [6.07, 6.45) is 4.24. The van der Waals surface area contributed by atoms with E-state index in [0.717, 1.165) is 42.9 Å². The Labute approximate surface area is 130 Å². The third kappa shape index (κ3) is 2.87. The molecule has 0 radical (unpaired) electrons. The van der Waals surface area contributed by atoms with Gasteiger partial charge in [-0.3, -0.25) is 4.79 Å². The van der Waals surface area contributed by atoms with Crippen LogP contribution in [0, 0.1) is 12.8 Å². The van der Waals surface area contributed by atoms with Crippen LogP contribution in [0.4, 0.5) is 0 Å². The minimum atomic E-state index is 0.117. The predicted octanol–water partition coefficient (Wildman–Crippen LogP) is 1.26. The van der Waals surface area contributed by atoms with Crippen molar-refractivity contribution in [1.82, 2.24) is 25.0 Å². The minimum absolute atomic E-state index is 0.117. The van der Waals surface area contributed by atoms with Crippen LogP contribution < -0.4 is 5.32 Å². The molecular formula is C16H21N5O. The first-order valence-corrected chi connectivity index (χ1v) is 7.58. The summed E-state index contributed by atoms with van der Waals surface area (Å²) in [5, 5.41) is 7.32. The molecule has 0 unspecified atom stereocenters. The molecule has 1 atom stereocenters. The highest BCUT2D eigenvalue weighted by molar-refractivity contribution is 5.94. The van der Waals surface area contributed by atoms with E-state index in [4.69, 9.17) is 0 Å². The van der Waals surface area contributed by atoms with Crippen molar-refractivity contribution in [3.05, 3.63) is 42.0 Å². The normalized spacial score (nSPS) is 17.9. The van der Waals surface area contributed by atoms with Crippen molar-refractivity contribution in [2.45, 2.75) is 13.3 Å². The van der Waals surface area contributed by atoms with Crippen molar-refractivity contribution >= 4 is 5.91 Å². The van der Waals surface area contributed by atoms with Crippen LogP contribution in [-0.2, 0) is 0 Å². The third-order valence-electron chi connectivity index (χ3n) is 4.18. The molecule has 116 valence electrons. The molecular weight excluding hydrogens is 278 g/mol. The second-order valence-electron chi connectivity index (χ2n) is 5.80. The molecule has 2 heterocycles. The summed E-state index contributed by atoms with van der Waals surface area (Å²) in [6, 6.07) is 5.74. The van der Waals surface area contributed by atoms with E-state index in [1.165, 1.54) is 6.33 Å². The van der Waals surface area contributed by atoms with Crippen LogP contribution in [0.3, 0.4) is 0 Å². The first-order chi connectivity index (χ1) is 10.7. The van der Waals surface area contributed by atoms with E-state index in [0.29, 0.717) is 5.92 Å². The summed E-state index contributed by atoms with van der Waals surface area (Å²) in [6.45, 7) is 4.63. The highest BCUT2D eigenvalue weighted by atomic mass is 16.2. The lowest BCUT2D eigenvalue weighted by Crippen LogP contribution is -2.30. The van der Waals surface area contributed by atoms with Gasteiger partial charge in [0.1, 0.15) is 12.7 Å². The molecule has 1 saturated heterocycles. The first-order valence-electron chi connectivity index (χ1n) is 7.58. The molecule has 1 N–H and O–H groups in total. The number of aryl methyl sites for hydroxylation is 1. The van der Waals surface area contributed by atoms with Gasteiger partial charge < -0.3 is 10.2 Å². The van der Waals surface area contributed by atoms with E-state index in [1.54, 1.807) is 11.0 Å². The predicted molar refractivity (Wildman–Crippen MR) is 84.0 cm³/mol. The van der Waals surface area contributed by atoms with Crippen molar-refractivity contribution in [3.8, 4) is 5.69 Å². The summed E-state index contributed by atoms with van der Waals surface area (Å²) in [7, 11) is 1.96.